The van der Waals surface area contributed by atoms with Gasteiger partial charge in [0, 0.05) is 62.8 Å². The summed E-state index contributed by atoms with van der Waals surface area (Å²) in [4.78, 5) is 25.8. The van der Waals surface area contributed by atoms with Gasteiger partial charge in [-0.05, 0) is 75.8 Å². The van der Waals surface area contributed by atoms with E-state index in [9.17, 15) is 31.1 Å². The number of aromatic nitrogens is 2. The van der Waals surface area contributed by atoms with Crippen molar-refractivity contribution in [2.75, 3.05) is 18.5 Å². The molecule has 8 nitrogen and oxygen atoms in total. The quantitative estimate of drug-likeness (QED) is 0.292. The van der Waals surface area contributed by atoms with Gasteiger partial charge in [-0.15, -0.1) is 0 Å². The molecule has 0 saturated carbocycles. The summed E-state index contributed by atoms with van der Waals surface area (Å²) in [5.41, 5.74) is -2.88. The maximum atomic E-state index is 13.7. The largest absolute Gasteiger partial charge is 0.444 e. The molecule has 1 saturated heterocycles. The van der Waals surface area contributed by atoms with Crippen LogP contribution in [0.4, 0.5) is 37.1 Å². The van der Waals surface area contributed by atoms with Crippen molar-refractivity contribution >= 4 is 18.3 Å². The minimum atomic E-state index is -4.98. The number of alkyl halides is 6. The summed E-state index contributed by atoms with van der Waals surface area (Å²) in [6.07, 6.45) is -3.50. The van der Waals surface area contributed by atoms with Crippen LogP contribution >= 0.6 is 0 Å². The molecule has 2 aromatic rings. The molecule has 1 aromatic carbocycles. The van der Waals surface area contributed by atoms with Crippen molar-refractivity contribution in [1.29, 1.82) is 0 Å². The topological polar surface area (TPSA) is 74.2 Å². The highest BCUT2D eigenvalue weighted by Crippen LogP contribution is 2.38. The number of carbonyl (C=O) groups excluding carboxylic acids is 1. The second-order valence-corrected chi connectivity index (χ2v) is 12.7. The Balaban J connectivity index is 1.74. The third-order valence-electron chi connectivity index (χ3n) is 8.11. The predicted molar refractivity (Wildman–Crippen MR) is 158 cm³/mol. The Morgan fingerprint density at radius 1 is 0.933 bits per heavy atom. The zero-order valence-corrected chi connectivity index (χ0v) is 26.3. The fourth-order valence-corrected chi connectivity index (χ4v) is 5.95. The third-order valence-corrected chi connectivity index (χ3v) is 8.11. The first-order chi connectivity index (χ1) is 20.9. The van der Waals surface area contributed by atoms with Crippen molar-refractivity contribution in [2.24, 2.45) is 5.10 Å². The van der Waals surface area contributed by atoms with Crippen LogP contribution < -0.4 is 4.90 Å². The fraction of sp³-hybridized carbons (Fsp3) is 0.613. The van der Waals surface area contributed by atoms with E-state index in [1.54, 1.807) is 54.2 Å². The summed E-state index contributed by atoms with van der Waals surface area (Å²) in [5, 5.41) is 6.00. The maximum absolute atomic E-state index is 13.7. The minimum Gasteiger partial charge on any atom is -0.444 e. The Bertz CT molecular complexity index is 1310. The van der Waals surface area contributed by atoms with Gasteiger partial charge in [0.05, 0.1) is 11.1 Å². The molecular weight excluding hydrogens is 602 g/mol. The summed E-state index contributed by atoms with van der Waals surface area (Å²) < 4.78 is 88.1. The molecule has 2 aliphatic heterocycles. The molecule has 0 N–H and O–H groups in total. The van der Waals surface area contributed by atoms with E-state index in [2.05, 4.69) is 15.1 Å². The van der Waals surface area contributed by atoms with Crippen molar-refractivity contribution in [2.45, 2.75) is 109 Å². The third kappa shape index (κ3) is 8.37. The Kier molecular flexibility index (Phi) is 9.93. The van der Waals surface area contributed by atoms with Crippen LogP contribution in [0.2, 0.25) is 0 Å². The van der Waals surface area contributed by atoms with Gasteiger partial charge in [-0.25, -0.2) is 14.8 Å². The van der Waals surface area contributed by atoms with Gasteiger partial charge in [0.2, 0.25) is 5.95 Å². The van der Waals surface area contributed by atoms with E-state index < -0.39 is 41.2 Å². The molecule has 1 amide bonds. The molecule has 0 radical (unpaired) electrons. The zero-order valence-electron chi connectivity index (χ0n) is 26.3. The zero-order chi connectivity index (χ0) is 33.3. The lowest BCUT2D eigenvalue weighted by molar-refractivity contribution is -0.143. The highest BCUT2D eigenvalue weighted by atomic mass is 19.4. The number of anilines is 1. The van der Waals surface area contributed by atoms with Crippen LogP contribution in [0.3, 0.4) is 0 Å². The number of benzene rings is 1. The molecule has 248 valence electrons. The number of hydrogen-bond donors (Lipinski definition) is 0. The lowest BCUT2D eigenvalue weighted by Crippen LogP contribution is -2.57. The van der Waals surface area contributed by atoms with E-state index in [1.165, 1.54) is 0 Å². The highest BCUT2D eigenvalue weighted by Gasteiger charge is 2.42. The molecule has 2 aliphatic rings. The number of amides is 1. The van der Waals surface area contributed by atoms with Crippen LogP contribution in [0.25, 0.3) is 0 Å². The molecular formula is C31H40F6N6O2. The second-order valence-electron chi connectivity index (χ2n) is 12.7. The molecule has 0 aliphatic carbocycles. The lowest BCUT2D eigenvalue weighted by Gasteiger charge is -2.48. The first-order valence-electron chi connectivity index (χ1n) is 15.0. The Hall–Kier alpha value is -3.58. The number of nitrogens with zero attached hydrogens (tertiary/aromatic N) is 6. The summed E-state index contributed by atoms with van der Waals surface area (Å²) in [7, 11) is 1.83. The van der Waals surface area contributed by atoms with Gasteiger partial charge in [0.15, 0.2) is 0 Å². The summed E-state index contributed by atoms with van der Waals surface area (Å²) in [6.45, 7) is 9.51. The number of ether oxygens (including phenoxy) is 1. The molecule has 14 heteroatoms. The number of likely N-dealkylation sites (N-methyl/N-ethyl adjacent to an activating group) is 1. The van der Waals surface area contributed by atoms with Crippen molar-refractivity contribution < 1.29 is 35.9 Å². The van der Waals surface area contributed by atoms with E-state index in [4.69, 9.17) is 4.74 Å². The lowest BCUT2D eigenvalue weighted by atomic mass is 9.87. The average Bonchev–Trinajstić information content (AvgIpc) is 3.39. The van der Waals surface area contributed by atoms with Gasteiger partial charge in [-0.2, -0.15) is 31.4 Å². The molecule has 2 unspecified atom stereocenters. The molecule has 1 aromatic heterocycles. The van der Waals surface area contributed by atoms with E-state index in [0.29, 0.717) is 32.2 Å². The Morgan fingerprint density at radius 2 is 1.47 bits per heavy atom. The number of hydrazone groups is 1. The smallest absolute Gasteiger partial charge is 0.416 e. The molecule has 0 bridgehead atoms. The van der Waals surface area contributed by atoms with Crippen LogP contribution in [0, 0.1) is 0 Å². The number of likely N-dealkylation sites (tertiary alicyclic amines) is 1. The molecule has 45 heavy (non-hydrogen) atoms. The van der Waals surface area contributed by atoms with Crippen molar-refractivity contribution in [3.05, 3.63) is 52.8 Å². The summed E-state index contributed by atoms with van der Waals surface area (Å²) in [6, 6.07) is 0.634. The number of hydrogen-bond acceptors (Lipinski definition) is 7. The van der Waals surface area contributed by atoms with Gasteiger partial charge in [0.1, 0.15) is 5.60 Å². The van der Waals surface area contributed by atoms with Crippen molar-refractivity contribution in [3.63, 3.8) is 0 Å². The Morgan fingerprint density at radius 3 is 1.89 bits per heavy atom. The van der Waals surface area contributed by atoms with E-state index in [-0.39, 0.29) is 42.1 Å². The fourth-order valence-electron chi connectivity index (χ4n) is 5.95. The molecule has 4 rings (SSSR count). The van der Waals surface area contributed by atoms with E-state index in [0.717, 1.165) is 17.7 Å². The predicted octanol–water partition coefficient (Wildman–Crippen LogP) is 7.49. The first-order valence-corrected chi connectivity index (χ1v) is 15.0. The molecule has 0 spiro atoms. The molecule has 3 heterocycles. The SMILES string of the molecule is CC[C@@H]1CC(N(Cc2cc(C(F)(F)F)cc(C(F)(F)F)c2)c2ncc(C3C=NN(C)C3)cn2)C[C@H](CC)N1C(=O)OC(C)(C)C. The molecule has 1 fully saturated rings. The average molecular weight is 643 g/mol. The normalized spacial score (nSPS) is 22.6. The van der Waals surface area contributed by atoms with Crippen LogP contribution in [0.1, 0.15) is 88.5 Å². The molecule has 4 atom stereocenters. The highest BCUT2D eigenvalue weighted by molar-refractivity contribution is 5.70. The van der Waals surface area contributed by atoms with Gasteiger partial charge in [-0.1, -0.05) is 13.8 Å². The number of piperidine rings is 1. The van der Waals surface area contributed by atoms with Gasteiger partial charge in [0.25, 0.3) is 0 Å². The minimum absolute atomic E-state index is 0.0543. The standard InChI is InChI=1S/C31H40F6N6O2/c1-7-24-12-26(13-25(8-2)43(24)28(44)45-29(3,4)5)42(27-38-14-20(15-39-27)21-16-40-41(6)18-21)17-19-9-22(30(32,33)34)11-23(10-19)31(35,36)37/h9-11,14-16,21,24-26H,7-8,12-13,17-18H2,1-6H3/t21?,24-,25+,26?. The Labute approximate surface area is 259 Å². The van der Waals surface area contributed by atoms with Crippen LogP contribution in [-0.2, 0) is 23.6 Å². The number of halogens is 6. The van der Waals surface area contributed by atoms with Gasteiger partial charge < -0.3 is 14.5 Å². The van der Waals surface area contributed by atoms with E-state index >= 15 is 0 Å². The van der Waals surface area contributed by atoms with Crippen LogP contribution in [0.5, 0.6) is 0 Å². The second kappa shape index (κ2) is 13.0. The maximum Gasteiger partial charge on any atom is 0.416 e. The van der Waals surface area contributed by atoms with Crippen molar-refractivity contribution in [1.82, 2.24) is 19.9 Å². The van der Waals surface area contributed by atoms with Crippen LogP contribution in [-0.4, -0.2) is 69.5 Å². The summed E-state index contributed by atoms with van der Waals surface area (Å²) in [5.74, 6) is 0.120. The van der Waals surface area contributed by atoms with E-state index in [1.807, 2.05) is 20.9 Å². The monoisotopic (exact) mass is 642 g/mol. The summed E-state index contributed by atoms with van der Waals surface area (Å²) >= 11 is 0. The van der Waals surface area contributed by atoms with Crippen LogP contribution in [0.15, 0.2) is 35.7 Å². The van der Waals surface area contributed by atoms with Crippen molar-refractivity contribution in [3.8, 4) is 0 Å². The first kappa shape index (κ1) is 34.3. The number of carbonyl (C=O) groups is 1. The van der Waals surface area contributed by atoms with Gasteiger partial charge >= 0.3 is 18.4 Å². The van der Waals surface area contributed by atoms with Gasteiger partial charge in [-0.3, -0.25) is 5.01 Å². The number of rotatable bonds is 7.